The summed E-state index contributed by atoms with van der Waals surface area (Å²) in [5, 5.41) is 10.4. The van der Waals surface area contributed by atoms with E-state index in [0.717, 1.165) is 23.1 Å². The molecule has 138 valence electrons. The van der Waals surface area contributed by atoms with Crippen molar-refractivity contribution < 1.29 is 23.8 Å². The van der Waals surface area contributed by atoms with E-state index in [1.165, 1.54) is 13.1 Å². The van der Waals surface area contributed by atoms with Crippen molar-refractivity contribution in [2.24, 2.45) is 12.8 Å². The van der Waals surface area contributed by atoms with Gasteiger partial charge in [-0.25, -0.2) is 9.18 Å². The van der Waals surface area contributed by atoms with Crippen molar-refractivity contribution in [3.8, 4) is 5.75 Å². The van der Waals surface area contributed by atoms with Gasteiger partial charge in [0.15, 0.2) is 11.2 Å². The summed E-state index contributed by atoms with van der Waals surface area (Å²) in [6, 6.07) is 3.49. The number of halogens is 1. The van der Waals surface area contributed by atoms with E-state index in [1.807, 2.05) is 0 Å². The predicted molar refractivity (Wildman–Crippen MR) is 91.2 cm³/mol. The lowest BCUT2D eigenvalue weighted by Crippen LogP contribution is -2.49. The van der Waals surface area contributed by atoms with Crippen LogP contribution in [0.5, 0.6) is 5.75 Å². The first-order valence-electron chi connectivity index (χ1n) is 8.31. The number of aromatic hydroxyl groups is 1. The standard InChI is InChI=1S/C18H19FN2O5/c1-21-12-6-5-10(19)9-11(12)14(22)13(15(21)23)16(24)26-18(17(20)25)7-3-2-4-8-18/h5-6,9,22H,2-4,7-8H2,1H3,(H2,20,25). The number of nitrogens with two attached hydrogens (primary N) is 1. The molecule has 7 nitrogen and oxygen atoms in total. The highest BCUT2D eigenvalue weighted by Crippen LogP contribution is 2.34. The lowest BCUT2D eigenvalue weighted by Gasteiger charge is -2.33. The monoisotopic (exact) mass is 362 g/mol. The fraction of sp³-hybridized carbons (Fsp3) is 0.389. The van der Waals surface area contributed by atoms with Crippen LogP contribution < -0.4 is 11.3 Å². The molecule has 1 amide bonds. The van der Waals surface area contributed by atoms with E-state index in [0.29, 0.717) is 12.8 Å². The van der Waals surface area contributed by atoms with E-state index in [9.17, 15) is 23.9 Å². The Kier molecular flexibility index (Phi) is 4.43. The molecular formula is C18H19FN2O5. The number of aryl methyl sites for hydroxylation is 1. The lowest BCUT2D eigenvalue weighted by atomic mass is 9.84. The maximum atomic E-state index is 13.5. The maximum Gasteiger partial charge on any atom is 0.348 e. The van der Waals surface area contributed by atoms with Crippen molar-refractivity contribution in [1.82, 2.24) is 4.57 Å². The average Bonchev–Trinajstić information content (AvgIpc) is 2.60. The molecule has 0 radical (unpaired) electrons. The molecule has 0 saturated heterocycles. The predicted octanol–water partition coefficient (Wildman–Crippen LogP) is 1.73. The first kappa shape index (κ1) is 17.9. The molecule has 8 heteroatoms. The number of primary amides is 1. The van der Waals surface area contributed by atoms with Crippen LogP contribution in [-0.4, -0.2) is 27.2 Å². The molecule has 26 heavy (non-hydrogen) atoms. The summed E-state index contributed by atoms with van der Waals surface area (Å²) in [6.07, 6.45) is 2.72. The van der Waals surface area contributed by atoms with Crippen LogP contribution in [0.25, 0.3) is 10.9 Å². The summed E-state index contributed by atoms with van der Waals surface area (Å²) >= 11 is 0. The molecule has 0 unspecified atom stereocenters. The van der Waals surface area contributed by atoms with Crippen molar-refractivity contribution in [3.63, 3.8) is 0 Å². The Morgan fingerprint density at radius 1 is 1.27 bits per heavy atom. The van der Waals surface area contributed by atoms with Crippen LogP contribution in [0, 0.1) is 5.82 Å². The van der Waals surface area contributed by atoms with E-state index in [-0.39, 0.29) is 23.7 Å². The number of ether oxygens (including phenoxy) is 1. The third kappa shape index (κ3) is 2.81. The lowest BCUT2D eigenvalue weighted by molar-refractivity contribution is -0.140. The molecule has 1 heterocycles. The highest BCUT2D eigenvalue weighted by Gasteiger charge is 2.43. The molecule has 1 aromatic carbocycles. The van der Waals surface area contributed by atoms with Crippen molar-refractivity contribution in [2.75, 3.05) is 0 Å². The Bertz CT molecular complexity index is 960. The number of pyridine rings is 1. The van der Waals surface area contributed by atoms with E-state index in [1.54, 1.807) is 0 Å². The van der Waals surface area contributed by atoms with Gasteiger partial charge in [0.2, 0.25) is 0 Å². The molecule has 1 saturated carbocycles. The molecule has 0 spiro atoms. The zero-order valence-electron chi connectivity index (χ0n) is 14.3. The molecular weight excluding hydrogens is 343 g/mol. The van der Waals surface area contributed by atoms with Crippen molar-refractivity contribution in [3.05, 3.63) is 39.9 Å². The minimum absolute atomic E-state index is 0.00387. The normalized spacial score (nSPS) is 16.4. The second kappa shape index (κ2) is 6.44. The summed E-state index contributed by atoms with van der Waals surface area (Å²) in [4.78, 5) is 37.1. The third-order valence-corrected chi connectivity index (χ3v) is 4.93. The molecule has 1 aromatic heterocycles. The summed E-state index contributed by atoms with van der Waals surface area (Å²) in [5.41, 5.74) is 2.75. The van der Waals surface area contributed by atoms with Crippen molar-refractivity contribution in [1.29, 1.82) is 0 Å². The van der Waals surface area contributed by atoms with Gasteiger partial charge in [-0.1, -0.05) is 6.42 Å². The molecule has 1 aliphatic rings. The minimum atomic E-state index is -1.50. The largest absolute Gasteiger partial charge is 0.506 e. The summed E-state index contributed by atoms with van der Waals surface area (Å²) in [5.74, 6) is -3.24. The van der Waals surface area contributed by atoms with E-state index < -0.39 is 40.2 Å². The number of hydrogen-bond donors (Lipinski definition) is 2. The van der Waals surface area contributed by atoms with E-state index in [4.69, 9.17) is 10.5 Å². The highest BCUT2D eigenvalue weighted by atomic mass is 19.1. The molecule has 0 aliphatic heterocycles. The zero-order chi connectivity index (χ0) is 19.1. The van der Waals surface area contributed by atoms with Gasteiger partial charge in [-0.15, -0.1) is 0 Å². The maximum absolute atomic E-state index is 13.5. The number of rotatable bonds is 3. The number of benzene rings is 1. The number of aromatic nitrogens is 1. The number of hydrogen-bond acceptors (Lipinski definition) is 5. The van der Waals surface area contributed by atoms with Crippen LogP contribution in [0.4, 0.5) is 4.39 Å². The molecule has 2 aromatic rings. The fourth-order valence-electron chi connectivity index (χ4n) is 3.44. The van der Waals surface area contributed by atoms with Crippen LogP contribution >= 0.6 is 0 Å². The van der Waals surface area contributed by atoms with Gasteiger partial charge in [0.25, 0.3) is 11.5 Å². The van der Waals surface area contributed by atoms with Gasteiger partial charge < -0.3 is 20.1 Å². The van der Waals surface area contributed by atoms with Crippen LogP contribution in [0.1, 0.15) is 42.5 Å². The Balaban J connectivity index is 2.11. The first-order chi connectivity index (χ1) is 12.3. The zero-order valence-corrected chi connectivity index (χ0v) is 14.3. The van der Waals surface area contributed by atoms with Gasteiger partial charge in [0.1, 0.15) is 11.6 Å². The quantitative estimate of drug-likeness (QED) is 0.808. The van der Waals surface area contributed by atoms with Crippen LogP contribution in [0.3, 0.4) is 0 Å². The fourth-order valence-corrected chi connectivity index (χ4v) is 3.44. The number of amides is 1. The van der Waals surface area contributed by atoms with Crippen molar-refractivity contribution in [2.45, 2.75) is 37.7 Å². The molecule has 3 N–H and O–H groups in total. The molecule has 1 aliphatic carbocycles. The highest BCUT2D eigenvalue weighted by molar-refractivity contribution is 6.01. The molecule has 3 rings (SSSR count). The van der Waals surface area contributed by atoms with E-state index in [2.05, 4.69) is 0 Å². The van der Waals surface area contributed by atoms with Crippen LogP contribution in [0.2, 0.25) is 0 Å². The van der Waals surface area contributed by atoms with Crippen LogP contribution in [0.15, 0.2) is 23.0 Å². The summed E-state index contributed by atoms with van der Waals surface area (Å²) in [7, 11) is 1.39. The van der Waals surface area contributed by atoms with Gasteiger partial charge in [0, 0.05) is 12.4 Å². The number of esters is 1. The van der Waals surface area contributed by atoms with Crippen LogP contribution in [-0.2, 0) is 16.6 Å². The average molecular weight is 362 g/mol. The Hall–Kier alpha value is -2.90. The van der Waals surface area contributed by atoms with Gasteiger partial charge in [-0.2, -0.15) is 0 Å². The van der Waals surface area contributed by atoms with Gasteiger partial charge in [-0.05, 0) is 43.9 Å². The Morgan fingerprint density at radius 2 is 1.92 bits per heavy atom. The molecule has 1 fully saturated rings. The number of nitrogens with zero attached hydrogens (tertiary/aromatic N) is 1. The second-order valence-corrected chi connectivity index (χ2v) is 6.56. The van der Waals surface area contributed by atoms with E-state index >= 15 is 0 Å². The summed E-state index contributed by atoms with van der Waals surface area (Å²) in [6.45, 7) is 0. The first-order valence-corrected chi connectivity index (χ1v) is 8.31. The number of fused-ring (bicyclic) bond motifs is 1. The summed E-state index contributed by atoms with van der Waals surface area (Å²) < 4.78 is 20.0. The SMILES string of the molecule is Cn1c(=O)c(C(=O)OC2(C(N)=O)CCCCC2)c(O)c2cc(F)ccc21. The number of carbonyl (C=O) groups excluding carboxylic acids is 2. The molecule has 0 bridgehead atoms. The smallest absolute Gasteiger partial charge is 0.348 e. The van der Waals surface area contributed by atoms with Gasteiger partial charge >= 0.3 is 5.97 Å². The molecule has 0 atom stereocenters. The third-order valence-electron chi connectivity index (χ3n) is 4.93. The topological polar surface area (TPSA) is 112 Å². The number of carbonyl (C=O) groups is 2. The Morgan fingerprint density at radius 3 is 2.54 bits per heavy atom. The van der Waals surface area contributed by atoms with Gasteiger partial charge in [0.05, 0.1) is 5.52 Å². The second-order valence-electron chi connectivity index (χ2n) is 6.56. The Labute approximate surface area is 148 Å². The minimum Gasteiger partial charge on any atom is -0.506 e. The van der Waals surface area contributed by atoms with Crippen molar-refractivity contribution >= 4 is 22.8 Å². The van der Waals surface area contributed by atoms with Gasteiger partial charge in [-0.3, -0.25) is 9.59 Å².